The Labute approximate surface area is 163 Å². The zero-order valence-electron chi connectivity index (χ0n) is 17.3. The van der Waals surface area contributed by atoms with Crippen LogP contribution in [0.5, 0.6) is 0 Å². The highest BCUT2D eigenvalue weighted by molar-refractivity contribution is 5.81. The number of amides is 1. The van der Waals surface area contributed by atoms with Gasteiger partial charge >= 0.3 is 0 Å². The summed E-state index contributed by atoms with van der Waals surface area (Å²) in [5, 5.41) is 6.78. The maximum absolute atomic E-state index is 12.1. The van der Waals surface area contributed by atoms with Gasteiger partial charge in [-0.15, -0.1) is 0 Å². The highest BCUT2D eigenvalue weighted by Gasteiger charge is 2.27. The van der Waals surface area contributed by atoms with Crippen molar-refractivity contribution in [1.82, 2.24) is 15.5 Å². The molecular weight excluding hydrogens is 340 g/mol. The predicted molar refractivity (Wildman–Crippen MR) is 110 cm³/mol. The van der Waals surface area contributed by atoms with Gasteiger partial charge < -0.3 is 20.3 Å². The molecule has 1 aromatic carbocycles. The molecule has 1 amide bonds. The second-order valence-corrected chi connectivity index (χ2v) is 7.67. The molecule has 0 radical (unpaired) electrons. The summed E-state index contributed by atoms with van der Waals surface area (Å²) in [6.45, 7) is 10.9. The van der Waals surface area contributed by atoms with Crippen LogP contribution in [-0.4, -0.2) is 49.0 Å². The van der Waals surface area contributed by atoms with E-state index < -0.39 is 0 Å². The number of benzene rings is 1. The minimum absolute atomic E-state index is 0.0510. The van der Waals surface area contributed by atoms with E-state index in [1.165, 1.54) is 11.1 Å². The van der Waals surface area contributed by atoms with Crippen LogP contribution in [-0.2, 0) is 22.7 Å². The quantitative estimate of drug-likeness (QED) is 0.569. The minimum Gasteiger partial charge on any atom is -0.374 e. The molecule has 27 heavy (non-hydrogen) atoms. The number of carbonyl (C=O) groups excluding carboxylic acids is 1. The van der Waals surface area contributed by atoms with Crippen LogP contribution in [0.4, 0.5) is 0 Å². The molecule has 2 N–H and O–H groups in total. The molecular formula is C21H34N4O2. The van der Waals surface area contributed by atoms with Gasteiger partial charge in [0.05, 0.1) is 12.7 Å². The van der Waals surface area contributed by atoms with E-state index in [0.717, 1.165) is 25.5 Å². The predicted octanol–water partition coefficient (Wildman–Crippen LogP) is 2.53. The first-order chi connectivity index (χ1) is 12.9. The number of rotatable bonds is 7. The molecule has 1 unspecified atom stereocenters. The van der Waals surface area contributed by atoms with Crippen molar-refractivity contribution in [3.8, 4) is 0 Å². The molecule has 1 aliphatic rings. The lowest BCUT2D eigenvalue weighted by Crippen LogP contribution is -2.45. The molecule has 0 bridgehead atoms. The number of nitrogens with one attached hydrogen (secondary N) is 2. The maximum atomic E-state index is 12.1. The van der Waals surface area contributed by atoms with E-state index in [1.807, 2.05) is 32.6 Å². The summed E-state index contributed by atoms with van der Waals surface area (Å²) < 4.78 is 5.63. The number of carbonyl (C=O) groups is 1. The van der Waals surface area contributed by atoms with Gasteiger partial charge in [0.1, 0.15) is 0 Å². The number of hydrogen-bond donors (Lipinski definition) is 2. The van der Waals surface area contributed by atoms with Gasteiger partial charge in [-0.2, -0.15) is 0 Å². The number of ether oxygens (including phenoxy) is 1. The van der Waals surface area contributed by atoms with Gasteiger partial charge in [0.15, 0.2) is 5.96 Å². The van der Waals surface area contributed by atoms with Crippen LogP contribution in [0, 0.1) is 5.92 Å². The molecule has 1 aliphatic heterocycles. The number of aliphatic imine (C=N–C) groups is 1. The highest BCUT2D eigenvalue weighted by atomic mass is 16.5. The van der Waals surface area contributed by atoms with Gasteiger partial charge in [0.2, 0.25) is 5.91 Å². The van der Waals surface area contributed by atoms with Crippen LogP contribution in [0.2, 0.25) is 0 Å². The fraction of sp³-hybridized carbons (Fsp3) is 0.619. The lowest BCUT2D eigenvalue weighted by molar-refractivity contribution is -0.133. The smallest absolute Gasteiger partial charge is 0.225 e. The van der Waals surface area contributed by atoms with Gasteiger partial charge in [-0.1, -0.05) is 38.1 Å². The van der Waals surface area contributed by atoms with Crippen molar-refractivity contribution in [3.05, 3.63) is 35.4 Å². The molecule has 6 heteroatoms. The molecule has 0 aliphatic carbocycles. The van der Waals surface area contributed by atoms with Crippen LogP contribution in [0.1, 0.15) is 45.2 Å². The Morgan fingerprint density at radius 1 is 1.22 bits per heavy atom. The third-order valence-electron chi connectivity index (χ3n) is 4.62. The van der Waals surface area contributed by atoms with Gasteiger partial charge in [-0.05, 0) is 31.4 Å². The van der Waals surface area contributed by atoms with Crippen molar-refractivity contribution in [2.24, 2.45) is 10.9 Å². The maximum Gasteiger partial charge on any atom is 0.225 e. The lowest BCUT2D eigenvalue weighted by Gasteiger charge is -2.20. The van der Waals surface area contributed by atoms with Crippen LogP contribution in [0.15, 0.2) is 29.3 Å². The van der Waals surface area contributed by atoms with Gasteiger partial charge in [0.25, 0.3) is 0 Å². The van der Waals surface area contributed by atoms with Gasteiger partial charge in [0, 0.05) is 38.6 Å². The van der Waals surface area contributed by atoms with Crippen LogP contribution in [0.3, 0.4) is 0 Å². The third kappa shape index (κ3) is 6.86. The summed E-state index contributed by atoms with van der Waals surface area (Å²) in [5.74, 6) is 1.05. The molecule has 0 spiro atoms. The molecule has 1 heterocycles. The van der Waals surface area contributed by atoms with Crippen molar-refractivity contribution in [2.75, 3.05) is 20.1 Å². The summed E-state index contributed by atoms with van der Waals surface area (Å²) in [4.78, 5) is 18.4. The lowest BCUT2D eigenvalue weighted by atomic mass is 10.1. The topological polar surface area (TPSA) is 66.0 Å². The number of hydrogen-bond acceptors (Lipinski definition) is 3. The molecule has 1 atom stereocenters. The van der Waals surface area contributed by atoms with Crippen molar-refractivity contribution < 1.29 is 9.53 Å². The zero-order valence-corrected chi connectivity index (χ0v) is 17.3. The van der Waals surface area contributed by atoms with Crippen LogP contribution < -0.4 is 10.6 Å². The third-order valence-corrected chi connectivity index (χ3v) is 4.62. The van der Waals surface area contributed by atoms with E-state index in [2.05, 4.69) is 39.9 Å². The fourth-order valence-electron chi connectivity index (χ4n) is 3.03. The molecule has 0 aromatic heterocycles. The summed E-state index contributed by atoms with van der Waals surface area (Å²) in [6.07, 6.45) is 1.19. The van der Waals surface area contributed by atoms with Crippen molar-refractivity contribution in [3.63, 3.8) is 0 Å². The monoisotopic (exact) mass is 374 g/mol. The molecule has 2 rings (SSSR count). The number of nitrogens with zero attached hydrogens (tertiary/aromatic N) is 2. The molecule has 6 nitrogen and oxygen atoms in total. The summed E-state index contributed by atoms with van der Waals surface area (Å²) in [7, 11) is 1.77. The molecule has 150 valence electrons. The van der Waals surface area contributed by atoms with Crippen LogP contribution >= 0.6 is 0 Å². The molecule has 1 saturated heterocycles. The minimum atomic E-state index is 0.0510. The zero-order chi connectivity index (χ0) is 19.8. The van der Waals surface area contributed by atoms with E-state index in [-0.39, 0.29) is 24.0 Å². The van der Waals surface area contributed by atoms with Gasteiger partial charge in [-0.3, -0.25) is 9.79 Å². The summed E-state index contributed by atoms with van der Waals surface area (Å²) in [6, 6.07) is 8.66. The average Bonchev–Trinajstić information content (AvgIpc) is 3.11. The van der Waals surface area contributed by atoms with E-state index in [4.69, 9.17) is 4.74 Å². The SMILES string of the molecule is CN=C(NCc1ccc(COC(C)C)cc1)NC1CCN(C(=O)C(C)C)C1. The van der Waals surface area contributed by atoms with E-state index in [0.29, 0.717) is 13.2 Å². The number of likely N-dealkylation sites (tertiary alicyclic amines) is 1. The normalized spacial score (nSPS) is 17.7. The summed E-state index contributed by atoms with van der Waals surface area (Å²) in [5.41, 5.74) is 2.37. The standard InChI is InChI=1S/C21H34N4O2/c1-15(2)20(26)25-11-10-19(13-25)24-21(22-5)23-12-17-6-8-18(9-7-17)14-27-16(3)4/h6-9,15-16,19H,10-14H2,1-5H3,(H2,22,23,24). The Morgan fingerprint density at radius 2 is 1.89 bits per heavy atom. The number of guanidine groups is 1. The first-order valence-electron chi connectivity index (χ1n) is 9.84. The largest absolute Gasteiger partial charge is 0.374 e. The Hall–Kier alpha value is -2.08. The Bertz CT molecular complexity index is 626. The van der Waals surface area contributed by atoms with E-state index >= 15 is 0 Å². The second-order valence-electron chi connectivity index (χ2n) is 7.67. The second kappa shape index (κ2) is 10.3. The highest BCUT2D eigenvalue weighted by Crippen LogP contribution is 2.13. The Morgan fingerprint density at radius 3 is 2.48 bits per heavy atom. The molecule has 0 saturated carbocycles. The fourth-order valence-corrected chi connectivity index (χ4v) is 3.03. The van der Waals surface area contributed by atoms with Crippen molar-refractivity contribution in [2.45, 2.75) is 59.4 Å². The van der Waals surface area contributed by atoms with E-state index in [1.54, 1.807) is 7.05 Å². The summed E-state index contributed by atoms with van der Waals surface area (Å²) >= 11 is 0. The van der Waals surface area contributed by atoms with Crippen LogP contribution in [0.25, 0.3) is 0 Å². The Kier molecular flexibility index (Phi) is 8.10. The first-order valence-corrected chi connectivity index (χ1v) is 9.84. The molecule has 1 aromatic rings. The van der Waals surface area contributed by atoms with Gasteiger partial charge in [-0.25, -0.2) is 0 Å². The average molecular weight is 375 g/mol. The van der Waals surface area contributed by atoms with E-state index in [9.17, 15) is 4.79 Å². The molecule has 1 fully saturated rings. The van der Waals surface area contributed by atoms with Crippen molar-refractivity contribution in [1.29, 1.82) is 0 Å². The first kappa shape index (κ1) is 21.2. The van der Waals surface area contributed by atoms with Crippen molar-refractivity contribution >= 4 is 11.9 Å². The Balaban J connectivity index is 1.78.